The molecule has 6 heteroatoms. The number of fused-ring (bicyclic) bond motifs is 2. The van der Waals surface area contributed by atoms with Gasteiger partial charge in [0.1, 0.15) is 11.6 Å². The van der Waals surface area contributed by atoms with E-state index in [0.29, 0.717) is 23.8 Å². The number of nitrogens with one attached hydrogen (secondary N) is 2. The molecule has 5 nitrogen and oxygen atoms in total. The van der Waals surface area contributed by atoms with Gasteiger partial charge in [-0.2, -0.15) is 5.10 Å². The predicted octanol–water partition coefficient (Wildman–Crippen LogP) is 3.45. The zero-order valence-corrected chi connectivity index (χ0v) is 15.6. The van der Waals surface area contributed by atoms with Gasteiger partial charge in [-0.05, 0) is 61.4 Å². The van der Waals surface area contributed by atoms with E-state index >= 15 is 0 Å². The van der Waals surface area contributed by atoms with Gasteiger partial charge in [0.2, 0.25) is 0 Å². The molecule has 1 aliphatic heterocycles. The summed E-state index contributed by atoms with van der Waals surface area (Å²) < 4.78 is 15.5. The van der Waals surface area contributed by atoms with E-state index in [0.717, 1.165) is 42.0 Å². The van der Waals surface area contributed by atoms with Crippen LogP contribution in [0.4, 0.5) is 4.39 Å². The second kappa shape index (κ2) is 6.39. The first kappa shape index (κ1) is 16.8. The minimum absolute atomic E-state index is 0.213. The van der Waals surface area contributed by atoms with Crippen LogP contribution < -0.4 is 10.9 Å². The molecule has 3 aromatic rings. The highest BCUT2D eigenvalue weighted by Gasteiger charge is 2.40. The van der Waals surface area contributed by atoms with Gasteiger partial charge in [0.05, 0.1) is 5.69 Å². The Hall–Kier alpha value is -2.31. The number of rotatable bonds is 2. The first-order valence-electron chi connectivity index (χ1n) is 9.71. The van der Waals surface area contributed by atoms with Crippen molar-refractivity contribution < 1.29 is 4.39 Å². The van der Waals surface area contributed by atoms with Crippen molar-refractivity contribution >= 4 is 5.65 Å². The third-order valence-corrected chi connectivity index (χ3v) is 6.18. The molecule has 1 saturated carbocycles. The highest BCUT2D eigenvalue weighted by Crippen LogP contribution is 2.43. The Balaban J connectivity index is 1.66. The molecule has 0 amide bonds. The lowest BCUT2D eigenvalue weighted by molar-refractivity contribution is 0.222. The lowest BCUT2D eigenvalue weighted by atomic mass is 9.71. The fraction of sp³-hybridized carbons (Fsp3) is 0.429. The van der Waals surface area contributed by atoms with Crippen LogP contribution in [0, 0.1) is 24.6 Å². The Labute approximate surface area is 158 Å². The number of nitrogens with zero attached hydrogens (tertiary/aromatic N) is 3. The van der Waals surface area contributed by atoms with Crippen molar-refractivity contribution in [3.63, 3.8) is 0 Å². The molecule has 0 spiro atoms. The van der Waals surface area contributed by atoms with Gasteiger partial charge in [-0.15, -0.1) is 0 Å². The second-order valence-corrected chi connectivity index (χ2v) is 8.02. The van der Waals surface area contributed by atoms with Gasteiger partial charge < -0.3 is 0 Å². The summed E-state index contributed by atoms with van der Waals surface area (Å²) in [5, 5.41) is 4.70. The van der Waals surface area contributed by atoms with Gasteiger partial charge in [-0.3, -0.25) is 10.9 Å². The van der Waals surface area contributed by atoms with E-state index in [4.69, 9.17) is 5.10 Å². The van der Waals surface area contributed by atoms with Gasteiger partial charge in [0.25, 0.3) is 0 Å². The third kappa shape index (κ3) is 2.84. The van der Waals surface area contributed by atoms with E-state index in [2.05, 4.69) is 28.8 Å². The highest BCUT2D eigenvalue weighted by atomic mass is 19.1. The number of aryl methyl sites for hydroxylation is 1. The fourth-order valence-electron chi connectivity index (χ4n) is 5.01. The molecular formula is C21H24FN5. The highest BCUT2D eigenvalue weighted by molar-refractivity contribution is 5.69. The van der Waals surface area contributed by atoms with Crippen molar-refractivity contribution in [1.82, 2.24) is 25.4 Å². The molecule has 27 heavy (non-hydrogen) atoms. The van der Waals surface area contributed by atoms with Gasteiger partial charge >= 0.3 is 0 Å². The maximum Gasteiger partial charge on any atom is 0.155 e. The Bertz CT molecular complexity index is 980. The molecule has 140 valence electrons. The molecule has 4 unspecified atom stereocenters. The molecule has 2 aliphatic rings. The molecule has 2 fully saturated rings. The zero-order valence-electron chi connectivity index (χ0n) is 15.6. The molecule has 3 heterocycles. The molecule has 2 aromatic heterocycles. The van der Waals surface area contributed by atoms with Crippen molar-refractivity contribution in [3.05, 3.63) is 53.7 Å². The largest absolute Gasteiger partial charge is 0.257 e. The monoisotopic (exact) mass is 365 g/mol. The van der Waals surface area contributed by atoms with Crippen LogP contribution in [0.15, 0.2) is 36.4 Å². The van der Waals surface area contributed by atoms with Crippen molar-refractivity contribution in [2.24, 2.45) is 11.8 Å². The number of hydrogen-bond donors (Lipinski definition) is 2. The number of pyridine rings is 1. The van der Waals surface area contributed by atoms with Gasteiger partial charge in [-0.1, -0.05) is 19.1 Å². The topological polar surface area (TPSA) is 54.2 Å². The van der Waals surface area contributed by atoms with E-state index in [1.807, 2.05) is 29.6 Å². The molecule has 1 aromatic carbocycles. The quantitative estimate of drug-likeness (QED) is 0.730. The first-order chi connectivity index (χ1) is 13.1. The van der Waals surface area contributed by atoms with E-state index in [1.165, 1.54) is 17.8 Å². The molecule has 2 N–H and O–H groups in total. The molecule has 1 saturated heterocycles. The molecule has 5 rings (SSSR count). The van der Waals surface area contributed by atoms with E-state index < -0.39 is 0 Å². The average molecular weight is 365 g/mol. The lowest BCUT2D eigenvalue weighted by Crippen LogP contribution is -2.41. The first-order valence-corrected chi connectivity index (χ1v) is 9.71. The van der Waals surface area contributed by atoms with Crippen LogP contribution in [-0.2, 0) is 0 Å². The molecule has 1 aliphatic carbocycles. The molecule has 0 radical (unpaired) electrons. The van der Waals surface area contributed by atoms with Crippen molar-refractivity contribution in [2.75, 3.05) is 6.54 Å². The second-order valence-electron chi connectivity index (χ2n) is 8.02. The van der Waals surface area contributed by atoms with Crippen LogP contribution in [0.5, 0.6) is 0 Å². The maximum atomic E-state index is 13.5. The Kier molecular flexibility index (Phi) is 3.98. The van der Waals surface area contributed by atoms with Gasteiger partial charge in [0.15, 0.2) is 5.65 Å². The van der Waals surface area contributed by atoms with Crippen LogP contribution in [0.3, 0.4) is 0 Å². The minimum Gasteiger partial charge on any atom is -0.257 e. The van der Waals surface area contributed by atoms with Gasteiger partial charge in [-0.25, -0.2) is 13.9 Å². The summed E-state index contributed by atoms with van der Waals surface area (Å²) in [6.07, 6.45) is 2.21. The normalized spacial score (nSPS) is 27.8. The summed E-state index contributed by atoms with van der Waals surface area (Å²) in [7, 11) is 0. The van der Waals surface area contributed by atoms with Crippen molar-refractivity contribution in [1.29, 1.82) is 0 Å². The number of hydrazine groups is 1. The summed E-state index contributed by atoms with van der Waals surface area (Å²) in [4.78, 5) is 4.57. The summed E-state index contributed by atoms with van der Waals surface area (Å²) in [5.74, 6) is 2.14. The van der Waals surface area contributed by atoms with Crippen molar-refractivity contribution in [2.45, 2.75) is 38.6 Å². The zero-order chi connectivity index (χ0) is 18.5. The summed E-state index contributed by atoms with van der Waals surface area (Å²) in [6.45, 7) is 5.26. The smallest absolute Gasteiger partial charge is 0.155 e. The van der Waals surface area contributed by atoms with E-state index in [9.17, 15) is 4.39 Å². The Morgan fingerprint density at radius 1 is 1.11 bits per heavy atom. The summed E-state index contributed by atoms with van der Waals surface area (Å²) in [6, 6.07) is 11.4. The van der Waals surface area contributed by atoms with Gasteiger partial charge in [0, 0.05) is 24.1 Å². The number of halogens is 1. The molecular weight excluding hydrogens is 341 g/mol. The summed E-state index contributed by atoms with van der Waals surface area (Å²) >= 11 is 0. The number of aromatic nitrogens is 3. The molecule has 4 atom stereocenters. The Morgan fingerprint density at radius 3 is 2.74 bits per heavy atom. The van der Waals surface area contributed by atoms with E-state index in [-0.39, 0.29) is 5.82 Å². The third-order valence-electron chi connectivity index (χ3n) is 6.18. The van der Waals surface area contributed by atoms with Crippen LogP contribution in [-0.4, -0.2) is 27.2 Å². The standard InChI is InChI=1S/C21H24FN5/c1-12-9-15(10-16-11-23-25-20(12)16)21-18(14-3-5-17(22)6-4-14)7-8-19-24-13(2)26-27(19)21/h3-8,12,15-16,20,23,25H,9-11H2,1-2H3. The SMILES string of the molecule is Cc1nc2ccc(-c3ccc(F)cc3)c(C3CC(C)C4NNCC4C3)n2n1. The van der Waals surface area contributed by atoms with Crippen LogP contribution in [0.25, 0.3) is 16.8 Å². The maximum absolute atomic E-state index is 13.5. The van der Waals surface area contributed by atoms with Crippen molar-refractivity contribution in [3.8, 4) is 11.1 Å². The molecule has 0 bridgehead atoms. The van der Waals surface area contributed by atoms with Crippen LogP contribution in [0.2, 0.25) is 0 Å². The van der Waals surface area contributed by atoms with E-state index in [1.54, 1.807) is 0 Å². The van der Waals surface area contributed by atoms with Crippen LogP contribution in [0.1, 0.15) is 37.2 Å². The number of hydrogen-bond acceptors (Lipinski definition) is 4. The lowest BCUT2D eigenvalue weighted by Gasteiger charge is -2.36. The number of benzene rings is 1. The average Bonchev–Trinajstić information content (AvgIpc) is 3.27. The summed E-state index contributed by atoms with van der Waals surface area (Å²) in [5.41, 5.74) is 11.0. The minimum atomic E-state index is -0.213. The Morgan fingerprint density at radius 2 is 1.93 bits per heavy atom. The fourth-order valence-corrected chi connectivity index (χ4v) is 5.01. The predicted molar refractivity (Wildman–Crippen MR) is 103 cm³/mol. The van der Waals surface area contributed by atoms with Crippen LogP contribution >= 0.6 is 0 Å².